The SMILES string of the molecule is O=C(NCC1CC1)c1ccc(CC2CCN(C(=O)C3CC3)CC2)cc1. The molecule has 0 bridgehead atoms. The average Bonchev–Trinajstić information content (AvgIpc) is 3.54. The Bertz CT molecular complexity index is 624. The van der Waals surface area contributed by atoms with Crippen LogP contribution in [0.2, 0.25) is 0 Å². The first-order chi connectivity index (χ1) is 12.2. The van der Waals surface area contributed by atoms with Gasteiger partial charge in [-0.25, -0.2) is 0 Å². The van der Waals surface area contributed by atoms with Crippen molar-refractivity contribution >= 4 is 11.8 Å². The fourth-order valence-corrected chi connectivity index (χ4v) is 3.73. The van der Waals surface area contributed by atoms with Gasteiger partial charge in [-0.15, -0.1) is 0 Å². The molecule has 1 N–H and O–H groups in total. The number of carbonyl (C=O) groups excluding carboxylic acids is 2. The number of nitrogens with zero attached hydrogens (tertiary/aromatic N) is 1. The van der Waals surface area contributed by atoms with E-state index < -0.39 is 0 Å². The Balaban J connectivity index is 1.24. The van der Waals surface area contributed by atoms with Gasteiger partial charge in [-0.3, -0.25) is 9.59 Å². The highest BCUT2D eigenvalue weighted by atomic mass is 16.2. The van der Waals surface area contributed by atoms with E-state index in [-0.39, 0.29) is 5.91 Å². The first-order valence-corrected chi connectivity index (χ1v) is 9.85. The van der Waals surface area contributed by atoms with Crippen LogP contribution in [0.4, 0.5) is 0 Å². The van der Waals surface area contributed by atoms with Gasteiger partial charge >= 0.3 is 0 Å². The Kier molecular flexibility index (Phi) is 4.78. The lowest BCUT2D eigenvalue weighted by Gasteiger charge is -2.32. The van der Waals surface area contributed by atoms with Crippen molar-refractivity contribution in [3.63, 3.8) is 0 Å². The van der Waals surface area contributed by atoms with Gasteiger partial charge in [0.1, 0.15) is 0 Å². The Hall–Kier alpha value is -1.84. The maximum atomic E-state index is 12.1. The molecule has 0 atom stereocenters. The lowest BCUT2D eigenvalue weighted by Crippen LogP contribution is -2.39. The van der Waals surface area contributed by atoms with Crippen molar-refractivity contribution < 1.29 is 9.59 Å². The number of amides is 2. The number of hydrogen-bond donors (Lipinski definition) is 1. The summed E-state index contributed by atoms with van der Waals surface area (Å²) in [5.41, 5.74) is 2.06. The molecule has 0 spiro atoms. The zero-order valence-corrected chi connectivity index (χ0v) is 14.9. The summed E-state index contributed by atoms with van der Waals surface area (Å²) < 4.78 is 0. The zero-order chi connectivity index (χ0) is 17.2. The van der Waals surface area contributed by atoms with Crippen molar-refractivity contribution in [3.05, 3.63) is 35.4 Å². The largest absolute Gasteiger partial charge is 0.352 e. The lowest BCUT2D eigenvalue weighted by atomic mass is 9.89. The molecule has 3 fully saturated rings. The van der Waals surface area contributed by atoms with Gasteiger partial charge in [0.05, 0.1) is 0 Å². The molecule has 0 unspecified atom stereocenters. The number of likely N-dealkylation sites (tertiary alicyclic amines) is 1. The number of piperidine rings is 1. The van der Waals surface area contributed by atoms with Crippen LogP contribution in [0.25, 0.3) is 0 Å². The fourth-order valence-electron chi connectivity index (χ4n) is 3.73. The predicted octanol–water partition coefficient (Wildman–Crippen LogP) is 3.02. The molecule has 4 nitrogen and oxygen atoms in total. The Morgan fingerprint density at radius 2 is 1.60 bits per heavy atom. The molecule has 2 saturated carbocycles. The van der Waals surface area contributed by atoms with Crippen LogP contribution >= 0.6 is 0 Å². The first-order valence-electron chi connectivity index (χ1n) is 9.85. The number of carbonyl (C=O) groups is 2. The van der Waals surface area contributed by atoms with E-state index >= 15 is 0 Å². The molecule has 0 aromatic heterocycles. The molecule has 2 aliphatic carbocycles. The highest BCUT2D eigenvalue weighted by molar-refractivity contribution is 5.94. The Morgan fingerprint density at radius 1 is 0.920 bits per heavy atom. The molecule has 1 heterocycles. The summed E-state index contributed by atoms with van der Waals surface area (Å²) in [6.45, 7) is 2.65. The van der Waals surface area contributed by atoms with Crippen molar-refractivity contribution in [1.82, 2.24) is 10.2 Å². The van der Waals surface area contributed by atoms with Crippen LogP contribution in [0.3, 0.4) is 0 Å². The normalized spacial score (nSPS) is 21.2. The van der Waals surface area contributed by atoms with Crippen LogP contribution in [-0.4, -0.2) is 36.3 Å². The summed E-state index contributed by atoms with van der Waals surface area (Å²) in [4.78, 5) is 26.3. The molecular formula is C21H28N2O2. The monoisotopic (exact) mass is 340 g/mol. The molecule has 4 heteroatoms. The molecule has 3 aliphatic rings. The molecule has 1 aromatic carbocycles. The number of benzene rings is 1. The maximum absolute atomic E-state index is 12.1. The van der Waals surface area contributed by atoms with Gasteiger partial charge in [0.2, 0.25) is 5.91 Å². The summed E-state index contributed by atoms with van der Waals surface area (Å²) in [6, 6.07) is 8.08. The van der Waals surface area contributed by atoms with Crippen molar-refractivity contribution in [1.29, 1.82) is 0 Å². The van der Waals surface area contributed by atoms with Crippen molar-refractivity contribution in [3.8, 4) is 0 Å². The van der Waals surface area contributed by atoms with E-state index in [1.807, 2.05) is 12.1 Å². The third-order valence-corrected chi connectivity index (χ3v) is 5.84. The van der Waals surface area contributed by atoms with E-state index in [9.17, 15) is 9.59 Å². The van der Waals surface area contributed by atoms with Gasteiger partial charge in [-0.2, -0.15) is 0 Å². The molecule has 1 aliphatic heterocycles. The summed E-state index contributed by atoms with van der Waals surface area (Å²) >= 11 is 0. The van der Waals surface area contributed by atoms with Crippen molar-refractivity contribution in [2.24, 2.45) is 17.8 Å². The van der Waals surface area contributed by atoms with Crippen LogP contribution in [-0.2, 0) is 11.2 Å². The highest BCUT2D eigenvalue weighted by Gasteiger charge is 2.34. The van der Waals surface area contributed by atoms with E-state index in [4.69, 9.17) is 0 Å². The highest BCUT2D eigenvalue weighted by Crippen LogP contribution is 2.33. The summed E-state index contributed by atoms with van der Waals surface area (Å²) in [5, 5.41) is 3.01. The van der Waals surface area contributed by atoms with Crippen LogP contribution in [0.1, 0.15) is 54.4 Å². The molecule has 134 valence electrons. The molecule has 2 amide bonds. The van der Waals surface area contributed by atoms with E-state index in [2.05, 4.69) is 22.3 Å². The van der Waals surface area contributed by atoms with Gasteiger partial charge in [0.25, 0.3) is 5.91 Å². The van der Waals surface area contributed by atoms with Gasteiger partial charge in [-0.05, 0) is 74.5 Å². The van der Waals surface area contributed by atoms with Gasteiger partial charge in [0.15, 0.2) is 0 Å². The number of nitrogens with one attached hydrogen (secondary N) is 1. The Labute approximate surface area is 150 Å². The summed E-state index contributed by atoms with van der Waals surface area (Å²) in [7, 11) is 0. The first kappa shape index (κ1) is 16.6. The van der Waals surface area contributed by atoms with Crippen LogP contribution in [0.5, 0.6) is 0 Å². The molecule has 4 rings (SSSR count). The predicted molar refractivity (Wildman–Crippen MR) is 97.2 cm³/mol. The van der Waals surface area contributed by atoms with E-state index in [0.717, 1.165) is 57.3 Å². The fraction of sp³-hybridized carbons (Fsp3) is 0.619. The number of rotatable bonds is 6. The second-order valence-electron chi connectivity index (χ2n) is 8.10. The van der Waals surface area contributed by atoms with Crippen molar-refractivity contribution in [2.75, 3.05) is 19.6 Å². The van der Waals surface area contributed by atoms with Gasteiger partial charge in [0, 0.05) is 31.1 Å². The third-order valence-electron chi connectivity index (χ3n) is 5.84. The second kappa shape index (κ2) is 7.19. The molecular weight excluding hydrogens is 312 g/mol. The second-order valence-corrected chi connectivity index (χ2v) is 8.10. The molecule has 1 aromatic rings. The third kappa shape index (κ3) is 4.42. The minimum Gasteiger partial charge on any atom is -0.352 e. The van der Waals surface area contributed by atoms with E-state index in [0.29, 0.717) is 23.7 Å². The smallest absolute Gasteiger partial charge is 0.251 e. The van der Waals surface area contributed by atoms with E-state index in [1.54, 1.807) is 0 Å². The summed E-state index contributed by atoms with van der Waals surface area (Å²) in [6.07, 6.45) is 7.95. The van der Waals surface area contributed by atoms with Gasteiger partial charge < -0.3 is 10.2 Å². The topological polar surface area (TPSA) is 49.4 Å². The maximum Gasteiger partial charge on any atom is 0.251 e. The zero-order valence-electron chi connectivity index (χ0n) is 14.9. The van der Waals surface area contributed by atoms with Gasteiger partial charge in [-0.1, -0.05) is 12.1 Å². The number of hydrogen-bond acceptors (Lipinski definition) is 2. The van der Waals surface area contributed by atoms with Crippen LogP contribution < -0.4 is 5.32 Å². The standard InChI is InChI=1S/C21H28N2O2/c24-20(22-14-17-1-2-17)18-5-3-15(4-6-18)13-16-9-11-23(12-10-16)21(25)19-7-8-19/h3-6,16-17,19H,1-2,7-14H2,(H,22,24). The van der Waals surface area contributed by atoms with Crippen LogP contribution in [0, 0.1) is 17.8 Å². The molecule has 0 radical (unpaired) electrons. The summed E-state index contributed by atoms with van der Waals surface area (Å²) in [5.74, 6) is 2.14. The molecule has 1 saturated heterocycles. The van der Waals surface area contributed by atoms with Crippen LogP contribution in [0.15, 0.2) is 24.3 Å². The Morgan fingerprint density at radius 3 is 2.20 bits per heavy atom. The lowest BCUT2D eigenvalue weighted by molar-refractivity contribution is -0.133. The minimum absolute atomic E-state index is 0.0466. The average molecular weight is 340 g/mol. The van der Waals surface area contributed by atoms with Crippen molar-refractivity contribution in [2.45, 2.75) is 44.9 Å². The van der Waals surface area contributed by atoms with E-state index in [1.165, 1.54) is 18.4 Å². The molecule has 25 heavy (non-hydrogen) atoms. The quantitative estimate of drug-likeness (QED) is 0.865. The minimum atomic E-state index is 0.0466.